The molecule has 1 heterocycles. The topological polar surface area (TPSA) is 23.1 Å². The zero-order chi connectivity index (χ0) is 9.26. The van der Waals surface area contributed by atoms with Gasteiger partial charge in [0, 0.05) is 9.13 Å². The minimum Gasteiger partial charge on any atom is -0.872 e. The summed E-state index contributed by atoms with van der Waals surface area (Å²) >= 11 is 5.44. The maximum atomic E-state index is 11.5. The van der Waals surface area contributed by atoms with Crippen LogP contribution in [0.5, 0.6) is 5.75 Å². The molecular weight excluding hydrogens is 315 g/mol. The van der Waals surface area contributed by atoms with Crippen LogP contribution in [-0.2, 0) is 0 Å². The lowest BCUT2D eigenvalue weighted by atomic mass is 10.2. The van der Waals surface area contributed by atoms with Crippen molar-refractivity contribution in [1.82, 2.24) is 0 Å². The van der Waals surface area contributed by atoms with Crippen LogP contribution in [0.2, 0.25) is 0 Å². The summed E-state index contributed by atoms with van der Waals surface area (Å²) < 4.78 is 3.05. The first-order valence-electron chi connectivity index (χ1n) is 3.59. The molecule has 0 amide bonds. The Hall–Kier alpha value is -0.200. The normalized spacial score (nSPS) is 10.2. The highest BCUT2D eigenvalue weighted by molar-refractivity contribution is 14.1. The predicted octanol–water partition coefficient (Wildman–Crippen LogP) is 3.44. The molecule has 0 bridgehead atoms. The molecule has 1 nitrogen and oxygen atoms in total. The number of halogens is 1. The third-order valence-electron chi connectivity index (χ3n) is 1.63. The Balaban J connectivity index is 2.64. The first kappa shape index (κ1) is 9.36. The zero-order valence-corrected chi connectivity index (χ0v) is 10.3. The van der Waals surface area contributed by atoms with Crippen molar-refractivity contribution in [1.29, 1.82) is 0 Å². The van der Waals surface area contributed by atoms with E-state index < -0.39 is 0 Å². The van der Waals surface area contributed by atoms with Crippen LogP contribution in [0.4, 0.5) is 0 Å². The van der Waals surface area contributed by atoms with Gasteiger partial charge in [0.25, 0.3) is 0 Å². The number of hydrogen-bond donors (Lipinski definition) is 0. The quantitative estimate of drug-likeness (QED) is 0.583. The van der Waals surface area contributed by atoms with Crippen LogP contribution >= 0.6 is 45.3 Å². The molecule has 0 radical (unpaired) electrons. The van der Waals surface area contributed by atoms with Gasteiger partial charge >= 0.3 is 0 Å². The lowest BCUT2D eigenvalue weighted by Gasteiger charge is -2.10. The smallest absolute Gasteiger partial charge is 0.243 e. The molecule has 0 saturated heterocycles. The number of benzene rings is 1. The summed E-state index contributed by atoms with van der Waals surface area (Å²) in [6.07, 6.45) is 0. The molecule has 2 rings (SSSR count). The van der Waals surface area contributed by atoms with Crippen LogP contribution in [-0.4, -0.2) is 0 Å². The van der Waals surface area contributed by atoms with Gasteiger partial charge in [-0.25, -0.2) is 0 Å². The Labute approximate surface area is 97.8 Å². The van der Waals surface area contributed by atoms with E-state index in [1.807, 2.05) is 16.1 Å². The van der Waals surface area contributed by atoms with Crippen LogP contribution in [0.3, 0.4) is 0 Å². The lowest BCUT2D eigenvalue weighted by Crippen LogP contribution is -1.93. The molecule has 0 atom stereocenters. The molecule has 0 spiro atoms. The highest BCUT2D eigenvalue weighted by atomic mass is 127. The van der Waals surface area contributed by atoms with Crippen molar-refractivity contribution in [3.8, 4) is 16.2 Å². The Morgan fingerprint density at radius 2 is 2.23 bits per heavy atom. The molecule has 0 unspecified atom stereocenters. The van der Waals surface area contributed by atoms with Crippen LogP contribution in [0.15, 0.2) is 28.3 Å². The molecule has 0 aliphatic rings. The van der Waals surface area contributed by atoms with Gasteiger partial charge < -0.3 is 5.11 Å². The van der Waals surface area contributed by atoms with Crippen molar-refractivity contribution in [3.63, 3.8) is 0 Å². The van der Waals surface area contributed by atoms with Gasteiger partial charge in [-0.15, -0.1) is 0 Å². The Kier molecular flexibility index (Phi) is 2.80. The summed E-state index contributed by atoms with van der Waals surface area (Å²) in [6.45, 7) is 0. The third kappa shape index (κ3) is 1.84. The highest BCUT2D eigenvalue weighted by Crippen LogP contribution is 2.35. The molecule has 4 heteroatoms. The molecule has 0 saturated carbocycles. The van der Waals surface area contributed by atoms with Gasteiger partial charge in [-0.3, -0.25) is 0 Å². The first-order valence-corrected chi connectivity index (χ1v) is 6.49. The van der Waals surface area contributed by atoms with E-state index in [1.54, 1.807) is 34.8 Å². The average molecular weight is 320 g/mol. The van der Waals surface area contributed by atoms with E-state index in [9.17, 15) is 5.11 Å². The van der Waals surface area contributed by atoms with E-state index in [-0.39, 0.29) is 5.75 Å². The van der Waals surface area contributed by atoms with Gasteiger partial charge in [-0.1, -0.05) is 17.9 Å². The second kappa shape index (κ2) is 3.89. The summed E-state index contributed by atoms with van der Waals surface area (Å²) in [6, 6.07) is 5.37. The Morgan fingerprint density at radius 3 is 2.85 bits per heavy atom. The van der Waals surface area contributed by atoms with Crippen LogP contribution in [0.25, 0.3) is 10.4 Å². The van der Waals surface area contributed by atoms with Crippen molar-refractivity contribution < 1.29 is 5.11 Å². The zero-order valence-electron chi connectivity index (χ0n) is 6.49. The van der Waals surface area contributed by atoms with Crippen LogP contribution in [0, 0.1) is 3.57 Å². The molecule has 0 N–H and O–H groups in total. The third-order valence-corrected chi connectivity index (χ3v) is 4.45. The van der Waals surface area contributed by atoms with E-state index in [1.165, 1.54) is 0 Å². The predicted molar refractivity (Wildman–Crippen MR) is 64.2 cm³/mol. The van der Waals surface area contributed by atoms with Crippen LogP contribution in [0.1, 0.15) is 0 Å². The van der Waals surface area contributed by atoms with E-state index in [4.69, 9.17) is 0 Å². The minimum atomic E-state index is 0.113. The van der Waals surface area contributed by atoms with Gasteiger partial charge in [-0.2, -0.15) is 0 Å². The van der Waals surface area contributed by atoms with E-state index >= 15 is 0 Å². The summed E-state index contributed by atoms with van der Waals surface area (Å²) in [5.74, 6) is 0.113. The van der Waals surface area contributed by atoms with E-state index in [0.717, 1.165) is 14.0 Å². The summed E-state index contributed by atoms with van der Waals surface area (Å²) in [4.78, 5) is 1.07. The van der Waals surface area contributed by atoms with Crippen molar-refractivity contribution >= 4 is 45.3 Å². The number of hydrogen-bond acceptors (Lipinski definition) is 2. The fraction of sp³-hybridized carbons (Fsp3) is 0. The summed E-state index contributed by atoms with van der Waals surface area (Å²) in [5, 5.41) is 13.6. The number of rotatable bonds is 1. The Morgan fingerprint density at radius 1 is 1.38 bits per heavy atom. The van der Waals surface area contributed by atoms with Gasteiger partial charge in [0.1, 0.15) is 5.38 Å². The second-order valence-corrected chi connectivity index (χ2v) is 5.56. The van der Waals surface area contributed by atoms with E-state index in [0.29, 0.717) is 0 Å². The fourth-order valence-corrected chi connectivity index (χ4v) is 3.82. The molecule has 66 valence electrons. The van der Waals surface area contributed by atoms with Gasteiger partial charge in [0.05, 0.1) is 22.7 Å². The van der Waals surface area contributed by atoms with Crippen molar-refractivity contribution in [2.75, 3.05) is 0 Å². The maximum Gasteiger partial charge on any atom is 0.243 e. The second-order valence-electron chi connectivity index (χ2n) is 2.45. The lowest BCUT2D eigenvalue weighted by molar-refractivity contribution is -0.267. The monoisotopic (exact) mass is 320 g/mol. The molecule has 13 heavy (non-hydrogen) atoms. The molecular formula is C9H5IOS2. The SMILES string of the molecule is [O-]c1cccc(I)c1-c1c[s+]cs1. The fourth-order valence-electron chi connectivity index (χ4n) is 1.06. The summed E-state index contributed by atoms with van der Waals surface area (Å²) in [5.41, 5.74) is 0.842. The first-order chi connectivity index (χ1) is 6.29. The van der Waals surface area contributed by atoms with Gasteiger partial charge in [0.15, 0.2) is 4.88 Å². The minimum absolute atomic E-state index is 0.113. The van der Waals surface area contributed by atoms with Crippen molar-refractivity contribution in [2.45, 2.75) is 0 Å². The van der Waals surface area contributed by atoms with Crippen molar-refractivity contribution in [2.24, 2.45) is 0 Å². The molecule has 0 aliphatic heterocycles. The van der Waals surface area contributed by atoms with Crippen LogP contribution < -0.4 is 5.11 Å². The maximum absolute atomic E-state index is 11.5. The molecule has 0 fully saturated rings. The standard InChI is InChI=1S/C9H5IOS2/c10-6-2-1-3-7(11)9(6)8-4-12-5-13-8/h1-5H. The average Bonchev–Trinajstić information content (AvgIpc) is 2.57. The van der Waals surface area contributed by atoms with Gasteiger partial charge in [0.2, 0.25) is 4.69 Å². The molecule has 1 aromatic carbocycles. The highest BCUT2D eigenvalue weighted by Gasteiger charge is 2.10. The van der Waals surface area contributed by atoms with Gasteiger partial charge in [-0.05, 0) is 28.7 Å². The summed E-state index contributed by atoms with van der Waals surface area (Å²) in [7, 11) is 0. The molecule has 2 aromatic rings. The molecule has 0 aliphatic carbocycles. The molecule has 1 aromatic heterocycles. The van der Waals surface area contributed by atoms with E-state index in [2.05, 4.69) is 22.6 Å². The van der Waals surface area contributed by atoms with Crippen molar-refractivity contribution in [3.05, 3.63) is 31.8 Å². The Bertz CT molecular complexity index is 391. The largest absolute Gasteiger partial charge is 0.872 e.